The van der Waals surface area contributed by atoms with Crippen LogP contribution in [0.1, 0.15) is 11.1 Å². The van der Waals surface area contributed by atoms with Crippen LogP contribution >= 0.6 is 11.6 Å². The molecule has 0 saturated heterocycles. The maximum Gasteiger partial charge on any atom is 0.314 e. The lowest BCUT2D eigenvalue weighted by molar-refractivity contribution is 0.259. The molecule has 0 aliphatic heterocycles. The molecule has 1 amide bonds. The summed E-state index contributed by atoms with van der Waals surface area (Å²) in [7, 11) is 0. The van der Waals surface area contributed by atoms with Crippen molar-refractivity contribution in [1.29, 1.82) is 0 Å². The van der Waals surface area contributed by atoms with E-state index in [2.05, 4.69) is 5.32 Å². The molecule has 0 spiro atoms. The fraction of sp³-hybridized carbons (Fsp3) is 0.222. The van der Waals surface area contributed by atoms with Gasteiger partial charge in [0.05, 0.1) is 0 Å². The quantitative estimate of drug-likeness (QED) is 0.554. The molecule has 1 aromatic carbocycles. The molecular formula is C9H10ClNO. The van der Waals surface area contributed by atoms with Crippen molar-refractivity contribution in [3.8, 4) is 0 Å². The number of benzene rings is 1. The summed E-state index contributed by atoms with van der Waals surface area (Å²) in [6.07, 6.45) is 0. The van der Waals surface area contributed by atoms with Gasteiger partial charge < -0.3 is 5.32 Å². The first kappa shape index (κ1) is 9.07. The van der Waals surface area contributed by atoms with Crippen molar-refractivity contribution in [2.45, 2.75) is 13.5 Å². The molecule has 3 heteroatoms. The maximum atomic E-state index is 10.3. The van der Waals surface area contributed by atoms with Gasteiger partial charge in [0.1, 0.15) is 0 Å². The van der Waals surface area contributed by atoms with Crippen LogP contribution in [0.25, 0.3) is 0 Å². The Hall–Kier alpha value is -1.02. The van der Waals surface area contributed by atoms with E-state index < -0.39 is 5.37 Å². The predicted molar refractivity (Wildman–Crippen MR) is 49.3 cm³/mol. The molecule has 0 aliphatic carbocycles. The van der Waals surface area contributed by atoms with Crippen LogP contribution in [-0.2, 0) is 6.54 Å². The summed E-state index contributed by atoms with van der Waals surface area (Å²) in [5.41, 5.74) is 2.26. The van der Waals surface area contributed by atoms with E-state index in [0.29, 0.717) is 6.54 Å². The molecule has 0 fully saturated rings. The maximum absolute atomic E-state index is 10.3. The molecule has 0 unspecified atom stereocenters. The monoisotopic (exact) mass is 183 g/mol. The number of halogens is 1. The zero-order chi connectivity index (χ0) is 8.97. The SMILES string of the molecule is Cc1ccc(CNC(=O)Cl)cc1. The Labute approximate surface area is 76.5 Å². The molecule has 0 atom stereocenters. The van der Waals surface area contributed by atoms with Crippen molar-refractivity contribution in [2.75, 3.05) is 0 Å². The molecule has 64 valence electrons. The fourth-order valence-corrected chi connectivity index (χ4v) is 0.944. The van der Waals surface area contributed by atoms with Gasteiger partial charge >= 0.3 is 5.37 Å². The molecule has 0 saturated carbocycles. The van der Waals surface area contributed by atoms with E-state index in [4.69, 9.17) is 11.6 Å². The third kappa shape index (κ3) is 2.93. The minimum Gasteiger partial charge on any atom is -0.339 e. The van der Waals surface area contributed by atoms with Gasteiger partial charge in [-0.15, -0.1) is 0 Å². The highest BCUT2D eigenvalue weighted by Gasteiger charge is 1.94. The first-order valence-corrected chi connectivity index (χ1v) is 4.05. The van der Waals surface area contributed by atoms with E-state index >= 15 is 0 Å². The number of hydrogen-bond donors (Lipinski definition) is 1. The molecular weight excluding hydrogens is 174 g/mol. The smallest absolute Gasteiger partial charge is 0.314 e. The van der Waals surface area contributed by atoms with Crippen LogP contribution in [0.5, 0.6) is 0 Å². The molecule has 2 nitrogen and oxygen atoms in total. The highest BCUT2D eigenvalue weighted by atomic mass is 35.5. The molecule has 0 aromatic heterocycles. The first-order valence-electron chi connectivity index (χ1n) is 3.67. The van der Waals surface area contributed by atoms with E-state index in [1.165, 1.54) is 5.56 Å². The molecule has 0 radical (unpaired) electrons. The highest BCUT2D eigenvalue weighted by Crippen LogP contribution is 2.02. The second-order valence-electron chi connectivity index (χ2n) is 2.61. The fourth-order valence-electron chi connectivity index (χ4n) is 0.877. The number of nitrogens with one attached hydrogen (secondary N) is 1. The van der Waals surface area contributed by atoms with E-state index in [9.17, 15) is 4.79 Å². The molecule has 12 heavy (non-hydrogen) atoms. The number of hydrogen-bond acceptors (Lipinski definition) is 1. The van der Waals surface area contributed by atoms with Gasteiger partial charge in [0.2, 0.25) is 0 Å². The van der Waals surface area contributed by atoms with Crippen LogP contribution in [0.4, 0.5) is 4.79 Å². The Bertz CT molecular complexity index is 268. The summed E-state index contributed by atoms with van der Waals surface area (Å²) in [6, 6.07) is 7.91. The van der Waals surface area contributed by atoms with Crippen LogP contribution in [0.15, 0.2) is 24.3 Å². The van der Waals surface area contributed by atoms with E-state index in [0.717, 1.165) is 5.56 Å². The van der Waals surface area contributed by atoms with Crippen LogP contribution in [0.2, 0.25) is 0 Å². The van der Waals surface area contributed by atoms with Gasteiger partial charge in [-0.05, 0) is 24.1 Å². The normalized spacial score (nSPS) is 9.50. The Kier molecular flexibility index (Phi) is 3.11. The average Bonchev–Trinajstić information content (AvgIpc) is 2.03. The summed E-state index contributed by atoms with van der Waals surface area (Å²) in [6.45, 7) is 2.51. The minimum atomic E-state index is -0.518. The summed E-state index contributed by atoms with van der Waals surface area (Å²) in [5.74, 6) is 0. The van der Waals surface area contributed by atoms with Gasteiger partial charge in [-0.25, -0.2) is 0 Å². The van der Waals surface area contributed by atoms with Gasteiger partial charge in [0.15, 0.2) is 0 Å². The number of rotatable bonds is 2. The van der Waals surface area contributed by atoms with Crippen molar-refractivity contribution in [3.05, 3.63) is 35.4 Å². The number of amides is 1. The van der Waals surface area contributed by atoms with Crippen molar-refractivity contribution >= 4 is 17.0 Å². The third-order valence-electron chi connectivity index (χ3n) is 1.55. The molecule has 0 bridgehead atoms. The Morgan fingerprint density at radius 2 is 2.00 bits per heavy atom. The van der Waals surface area contributed by atoms with Crippen molar-refractivity contribution in [1.82, 2.24) is 5.32 Å². The summed E-state index contributed by atoms with van der Waals surface area (Å²) < 4.78 is 0. The lowest BCUT2D eigenvalue weighted by Gasteiger charge is -2.00. The largest absolute Gasteiger partial charge is 0.339 e. The van der Waals surface area contributed by atoms with Crippen molar-refractivity contribution < 1.29 is 4.79 Å². The van der Waals surface area contributed by atoms with Crippen molar-refractivity contribution in [2.24, 2.45) is 0 Å². The Balaban J connectivity index is 2.53. The van der Waals surface area contributed by atoms with Crippen molar-refractivity contribution in [3.63, 3.8) is 0 Å². The Morgan fingerprint density at radius 3 is 2.50 bits per heavy atom. The summed E-state index contributed by atoms with van der Waals surface area (Å²) >= 11 is 5.11. The van der Waals surface area contributed by atoms with Crippen LogP contribution in [-0.4, -0.2) is 5.37 Å². The minimum absolute atomic E-state index is 0.489. The van der Waals surface area contributed by atoms with Crippen LogP contribution < -0.4 is 5.32 Å². The molecule has 0 heterocycles. The summed E-state index contributed by atoms with van der Waals surface area (Å²) in [5, 5.41) is 1.99. The lowest BCUT2D eigenvalue weighted by atomic mass is 10.1. The zero-order valence-corrected chi connectivity index (χ0v) is 7.56. The highest BCUT2D eigenvalue weighted by molar-refractivity contribution is 6.62. The van der Waals surface area contributed by atoms with Crippen LogP contribution in [0, 0.1) is 6.92 Å². The Morgan fingerprint density at radius 1 is 1.42 bits per heavy atom. The van der Waals surface area contributed by atoms with Gasteiger partial charge in [-0.3, -0.25) is 4.79 Å². The number of aryl methyl sites for hydroxylation is 1. The van der Waals surface area contributed by atoms with E-state index in [1.54, 1.807) is 0 Å². The summed E-state index contributed by atoms with van der Waals surface area (Å²) in [4.78, 5) is 10.3. The number of carbonyl (C=O) groups is 1. The van der Waals surface area contributed by atoms with E-state index in [-0.39, 0.29) is 0 Å². The van der Waals surface area contributed by atoms with Gasteiger partial charge in [-0.1, -0.05) is 29.8 Å². The molecule has 1 N–H and O–H groups in total. The second-order valence-corrected chi connectivity index (χ2v) is 2.96. The van der Waals surface area contributed by atoms with Gasteiger partial charge in [0, 0.05) is 6.54 Å². The standard InChI is InChI=1S/C9H10ClNO/c1-7-2-4-8(5-3-7)6-11-9(10)12/h2-5H,6H2,1H3,(H,11,12). The van der Waals surface area contributed by atoms with E-state index in [1.807, 2.05) is 31.2 Å². The number of carbonyl (C=O) groups excluding carboxylic acids is 1. The third-order valence-corrected chi connectivity index (χ3v) is 1.69. The molecule has 0 aliphatic rings. The molecule has 1 aromatic rings. The van der Waals surface area contributed by atoms with Crippen LogP contribution in [0.3, 0.4) is 0 Å². The second kappa shape index (κ2) is 4.12. The zero-order valence-electron chi connectivity index (χ0n) is 6.80. The van der Waals surface area contributed by atoms with Gasteiger partial charge in [-0.2, -0.15) is 0 Å². The van der Waals surface area contributed by atoms with Gasteiger partial charge in [0.25, 0.3) is 0 Å². The lowest BCUT2D eigenvalue weighted by Crippen LogP contribution is -2.15. The molecule has 1 rings (SSSR count). The first-order chi connectivity index (χ1) is 5.68. The predicted octanol–water partition coefficient (Wildman–Crippen LogP) is 2.44. The average molecular weight is 184 g/mol. The topological polar surface area (TPSA) is 29.1 Å².